The molecule has 0 bridgehead atoms. The number of nitrogens with one attached hydrogen (secondary N) is 1. The van der Waals surface area contributed by atoms with Crippen LogP contribution in [0, 0.1) is 5.41 Å². The number of rotatable bonds is 6. The highest BCUT2D eigenvalue weighted by Gasteiger charge is 2.25. The summed E-state index contributed by atoms with van der Waals surface area (Å²) in [6.45, 7) is 6.17. The van der Waals surface area contributed by atoms with Gasteiger partial charge in [-0.25, -0.2) is 0 Å². The number of hydrogen-bond donors (Lipinski definition) is 1. The van der Waals surface area contributed by atoms with Gasteiger partial charge in [-0.3, -0.25) is 4.98 Å². The standard InChI is InChI=1S/C17H22N2O/c1-17(2,11-19-14-8-9-14)12-20-15-7-3-5-13-6-4-10-18-16(13)15/h3-7,10,14,19H,8-9,11-12H2,1-2H3. The summed E-state index contributed by atoms with van der Waals surface area (Å²) in [5, 5.41) is 4.70. The van der Waals surface area contributed by atoms with E-state index in [2.05, 4.69) is 36.3 Å². The van der Waals surface area contributed by atoms with Gasteiger partial charge < -0.3 is 10.1 Å². The Balaban J connectivity index is 1.66. The molecular formula is C17H22N2O. The molecule has 1 aliphatic rings. The number of aromatic nitrogens is 1. The zero-order chi connectivity index (χ0) is 14.0. The average molecular weight is 270 g/mol. The molecule has 0 atom stereocenters. The minimum atomic E-state index is 0.125. The van der Waals surface area contributed by atoms with Crippen LogP contribution >= 0.6 is 0 Å². The third kappa shape index (κ3) is 3.28. The molecule has 1 aromatic carbocycles. The highest BCUT2D eigenvalue weighted by atomic mass is 16.5. The van der Waals surface area contributed by atoms with Crippen LogP contribution in [0.3, 0.4) is 0 Å². The van der Waals surface area contributed by atoms with E-state index in [0.717, 1.165) is 29.2 Å². The molecule has 1 aromatic heterocycles. The summed E-state index contributed by atoms with van der Waals surface area (Å²) >= 11 is 0. The Bertz CT molecular complexity index is 585. The lowest BCUT2D eigenvalue weighted by Crippen LogP contribution is -2.35. The van der Waals surface area contributed by atoms with Crippen LogP contribution in [-0.4, -0.2) is 24.2 Å². The molecule has 106 valence electrons. The SMILES string of the molecule is CC(C)(CNC1CC1)COc1cccc2cccnc12. The third-order valence-electron chi connectivity index (χ3n) is 3.66. The predicted octanol–water partition coefficient (Wildman–Crippen LogP) is 3.39. The van der Waals surface area contributed by atoms with Crippen LogP contribution in [0.25, 0.3) is 10.9 Å². The lowest BCUT2D eigenvalue weighted by molar-refractivity contribution is 0.177. The number of ether oxygens (including phenoxy) is 1. The van der Waals surface area contributed by atoms with Crippen molar-refractivity contribution in [3.8, 4) is 5.75 Å². The maximum absolute atomic E-state index is 6.03. The van der Waals surface area contributed by atoms with Crippen LogP contribution in [0.1, 0.15) is 26.7 Å². The molecule has 1 heterocycles. The fraction of sp³-hybridized carbons (Fsp3) is 0.471. The second-order valence-electron chi connectivity index (χ2n) is 6.44. The number of hydrogen-bond acceptors (Lipinski definition) is 3. The van der Waals surface area contributed by atoms with Crippen molar-refractivity contribution >= 4 is 10.9 Å². The summed E-state index contributed by atoms with van der Waals surface area (Å²) in [6.07, 6.45) is 4.46. The van der Waals surface area contributed by atoms with Gasteiger partial charge in [0.2, 0.25) is 0 Å². The fourth-order valence-electron chi connectivity index (χ4n) is 2.22. The molecule has 1 N–H and O–H groups in total. The first-order chi connectivity index (χ1) is 9.64. The summed E-state index contributed by atoms with van der Waals surface area (Å²) in [5.41, 5.74) is 1.07. The first-order valence-electron chi connectivity index (χ1n) is 7.34. The maximum atomic E-state index is 6.03. The van der Waals surface area contributed by atoms with Crippen molar-refractivity contribution in [2.75, 3.05) is 13.2 Å². The Hall–Kier alpha value is -1.61. The Morgan fingerprint density at radius 2 is 2.05 bits per heavy atom. The third-order valence-corrected chi connectivity index (χ3v) is 3.66. The van der Waals surface area contributed by atoms with Gasteiger partial charge in [0.05, 0.1) is 6.61 Å². The number of benzene rings is 1. The molecule has 3 nitrogen and oxygen atoms in total. The van der Waals surface area contributed by atoms with E-state index in [1.54, 1.807) is 0 Å². The number of para-hydroxylation sites is 1. The lowest BCUT2D eigenvalue weighted by Gasteiger charge is -2.25. The van der Waals surface area contributed by atoms with Gasteiger partial charge in [0.15, 0.2) is 0 Å². The molecule has 0 spiro atoms. The molecule has 3 rings (SSSR count). The topological polar surface area (TPSA) is 34.1 Å². The molecule has 0 amide bonds. The second kappa shape index (κ2) is 5.41. The summed E-state index contributed by atoms with van der Waals surface area (Å²) in [6, 6.07) is 10.8. The van der Waals surface area contributed by atoms with Crippen LogP contribution in [0.5, 0.6) is 5.75 Å². The number of pyridine rings is 1. The summed E-state index contributed by atoms with van der Waals surface area (Å²) in [5.74, 6) is 0.877. The zero-order valence-corrected chi connectivity index (χ0v) is 12.2. The molecule has 0 radical (unpaired) electrons. The maximum Gasteiger partial charge on any atom is 0.145 e. The molecule has 20 heavy (non-hydrogen) atoms. The van der Waals surface area contributed by atoms with Crippen molar-refractivity contribution in [1.29, 1.82) is 0 Å². The zero-order valence-electron chi connectivity index (χ0n) is 12.2. The highest BCUT2D eigenvalue weighted by molar-refractivity contribution is 5.84. The summed E-state index contributed by atoms with van der Waals surface area (Å²) in [7, 11) is 0. The van der Waals surface area contributed by atoms with Gasteiger partial charge in [-0.15, -0.1) is 0 Å². The average Bonchev–Trinajstić information content (AvgIpc) is 3.27. The van der Waals surface area contributed by atoms with Crippen LogP contribution < -0.4 is 10.1 Å². The van der Waals surface area contributed by atoms with E-state index < -0.39 is 0 Å². The van der Waals surface area contributed by atoms with E-state index in [1.807, 2.05) is 24.4 Å². The van der Waals surface area contributed by atoms with Crippen LogP contribution in [-0.2, 0) is 0 Å². The van der Waals surface area contributed by atoms with Gasteiger partial charge in [0, 0.05) is 29.6 Å². The Labute approximate surface area is 120 Å². The molecule has 0 unspecified atom stereocenters. The first-order valence-corrected chi connectivity index (χ1v) is 7.34. The highest BCUT2D eigenvalue weighted by Crippen LogP contribution is 2.26. The Morgan fingerprint density at radius 3 is 2.85 bits per heavy atom. The molecule has 0 aliphatic heterocycles. The van der Waals surface area contributed by atoms with Crippen LogP contribution in [0.15, 0.2) is 36.5 Å². The number of fused-ring (bicyclic) bond motifs is 1. The number of nitrogens with zero attached hydrogens (tertiary/aromatic N) is 1. The van der Waals surface area contributed by atoms with Gasteiger partial charge in [-0.2, -0.15) is 0 Å². The lowest BCUT2D eigenvalue weighted by atomic mass is 9.95. The van der Waals surface area contributed by atoms with Crippen molar-refractivity contribution in [3.05, 3.63) is 36.5 Å². The predicted molar refractivity (Wildman–Crippen MR) is 82.0 cm³/mol. The molecule has 1 aliphatic carbocycles. The van der Waals surface area contributed by atoms with E-state index in [1.165, 1.54) is 12.8 Å². The van der Waals surface area contributed by atoms with Crippen molar-refractivity contribution in [2.24, 2.45) is 5.41 Å². The molecule has 0 saturated heterocycles. The van der Waals surface area contributed by atoms with Gasteiger partial charge in [-0.05, 0) is 25.0 Å². The minimum absolute atomic E-state index is 0.125. The smallest absolute Gasteiger partial charge is 0.145 e. The molecule has 2 aromatic rings. The van der Waals surface area contributed by atoms with Gasteiger partial charge >= 0.3 is 0 Å². The minimum Gasteiger partial charge on any atom is -0.491 e. The van der Waals surface area contributed by atoms with Gasteiger partial charge in [0.1, 0.15) is 11.3 Å². The van der Waals surface area contributed by atoms with E-state index >= 15 is 0 Å². The molecule has 1 fully saturated rings. The van der Waals surface area contributed by atoms with E-state index in [0.29, 0.717) is 6.61 Å². The summed E-state index contributed by atoms with van der Waals surface area (Å²) in [4.78, 5) is 4.43. The largest absolute Gasteiger partial charge is 0.491 e. The first kappa shape index (κ1) is 13.4. The van der Waals surface area contributed by atoms with Crippen LogP contribution in [0.4, 0.5) is 0 Å². The Kier molecular flexibility index (Phi) is 3.62. The quantitative estimate of drug-likeness (QED) is 0.873. The summed E-state index contributed by atoms with van der Waals surface area (Å²) < 4.78 is 6.03. The van der Waals surface area contributed by atoms with E-state index in [-0.39, 0.29) is 5.41 Å². The monoisotopic (exact) mass is 270 g/mol. The van der Waals surface area contributed by atoms with E-state index in [9.17, 15) is 0 Å². The van der Waals surface area contributed by atoms with Crippen molar-refractivity contribution in [1.82, 2.24) is 10.3 Å². The second-order valence-corrected chi connectivity index (χ2v) is 6.44. The van der Waals surface area contributed by atoms with Crippen molar-refractivity contribution < 1.29 is 4.74 Å². The molecule has 3 heteroatoms. The van der Waals surface area contributed by atoms with E-state index in [4.69, 9.17) is 4.74 Å². The normalized spacial score (nSPS) is 15.5. The van der Waals surface area contributed by atoms with Gasteiger partial charge in [0.25, 0.3) is 0 Å². The Morgan fingerprint density at radius 1 is 1.25 bits per heavy atom. The van der Waals surface area contributed by atoms with Gasteiger partial charge in [-0.1, -0.05) is 32.0 Å². The van der Waals surface area contributed by atoms with Crippen molar-refractivity contribution in [2.45, 2.75) is 32.7 Å². The molecule has 1 saturated carbocycles. The molecular weight excluding hydrogens is 248 g/mol. The fourth-order valence-corrected chi connectivity index (χ4v) is 2.22. The van der Waals surface area contributed by atoms with Crippen LogP contribution in [0.2, 0.25) is 0 Å². The van der Waals surface area contributed by atoms with Crippen molar-refractivity contribution in [3.63, 3.8) is 0 Å².